The molecule has 4 aliphatic carbocycles. The van der Waals surface area contributed by atoms with E-state index in [2.05, 4.69) is 52.3 Å². The van der Waals surface area contributed by atoms with E-state index in [0.29, 0.717) is 5.54 Å². The van der Waals surface area contributed by atoms with Gasteiger partial charge in [0.25, 0.3) is 0 Å². The number of nitrogens with zero attached hydrogens (tertiary/aromatic N) is 5. The third-order valence-electron chi connectivity index (χ3n) is 9.82. The second kappa shape index (κ2) is 7.46. The second-order valence-electron chi connectivity index (χ2n) is 11.6. The first-order chi connectivity index (χ1) is 16.6. The van der Waals surface area contributed by atoms with Crippen LogP contribution < -0.4 is 4.90 Å². The molecule has 1 saturated heterocycles. The molecule has 1 aromatic carbocycles. The fourth-order valence-corrected chi connectivity index (χ4v) is 8.76. The monoisotopic (exact) mass is 453 g/mol. The van der Waals surface area contributed by atoms with Crippen LogP contribution in [0.1, 0.15) is 62.1 Å². The molecule has 5 fully saturated rings. The summed E-state index contributed by atoms with van der Waals surface area (Å²) in [5.74, 6) is 4.25. The van der Waals surface area contributed by atoms with Gasteiger partial charge >= 0.3 is 0 Å². The highest BCUT2D eigenvalue weighted by Crippen LogP contribution is 2.58. The fourth-order valence-electron chi connectivity index (χ4n) is 8.76. The van der Waals surface area contributed by atoms with Crippen molar-refractivity contribution >= 4 is 22.5 Å². The topological polar surface area (TPSA) is 47.6 Å². The van der Waals surface area contributed by atoms with Gasteiger partial charge in [0.1, 0.15) is 11.9 Å². The lowest BCUT2D eigenvalue weighted by Crippen LogP contribution is -2.64. The zero-order valence-electron chi connectivity index (χ0n) is 20.6. The van der Waals surface area contributed by atoms with Crippen LogP contribution in [0, 0.1) is 36.0 Å². The summed E-state index contributed by atoms with van der Waals surface area (Å²) in [6.07, 6.45) is 9.80. The average Bonchev–Trinajstić information content (AvgIpc) is 3.21. The number of imidazole rings is 1. The Kier molecular flexibility index (Phi) is 4.55. The molecule has 2 aromatic heterocycles. The van der Waals surface area contributed by atoms with Crippen molar-refractivity contribution in [2.45, 2.75) is 64.3 Å². The van der Waals surface area contributed by atoms with Crippen LogP contribution in [0.5, 0.6) is 0 Å². The quantitative estimate of drug-likeness (QED) is 0.538. The number of benzene rings is 1. The number of para-hydroxylation sites is 2. The van der Waals surface area contributed by atoms with Gasteiger partial charge in [0.15, 0.2) is 5.65 Å². The van der Waals surface area contributed by atoms with Crippen molar-refractivity contribution in [3.63, 3.8) is 0 Å². The number of pyridine rings is 1. The number of hydrogen-bond donors (Lipinski definition) is 0. The molecular formula is C29H35N5. The SMILES string of the molecule is CCc1c(C)c(C#N)c2nc3ccccc3n2c1N1CCN(C23CC4CC(CC(C4)C2)C3)CC1. The zero-order valence-corrected chi connectivity index (χ0v) is 20.6. The number of aromatic nitrogens is 2. The maximum absolute atomic E-state index is 10.0. The van der Waals surface area contributed by atoms with E-state index < -0.39 is 0 Å². The highest BCUT2D eigenvalue weighted by Gasteiger charge is 2.53. The van der Waals surface area contributed by atoms with Crippen LogP contribution in [-0.2, 0) is 6.42 Å². The van der Waals surface area contributed by atoms with Crippen LogP contribution in [0.15, 0.2) is 24.3 Å². The number of fused-ring (bicyclic) bond motifs is 3. The molecule has 5 heteroatoms. The lowest BCUT2D eigenvalue weighted by atomic mass is 9.52. The molecule has 0 atom stereocenters. The van der Waals surface area contributed by atoms with E-state index in [0.717, 1.165) is 78.2 Å². The van der Waals surface area contributed by atoms with Gasteiger partial charge in [0.2, 0.25) is 0 Å². The number of piperazine rings is 1. The molecule has 3 aromatic rings. The smallest absolute Gasteiger partial charge is 0.157 e. The lowest BCUT2D eigenvalue weighted by Gasteiger charge is -2.61. The number of anilines is 1. The first kappa shape index (κ1) is 20.8. The molecule has 0 spiro atoms. The molecule has 5 aliphatic rings. The van der Waals surface area contributed by atoms with Gasteiger partial charge in [0, 0.05) is 31.7 Å². The third-order valence-corrected chi connectivity index (χ3v) is 9.82. The Bertz CT molecular complexity index is 1280. The van der Waals surface area contributed by atoms with Gasteiger partial charge in [0.05, 0.1) is 16.6 Å². The molecule has 0 N–H and O–H groups in total. The van der Waals surface area contributed by atoms with Crippen LogP contribution in [-0.4, -0.2) is 46.0 Å². The summed E-state index contributed by atoms with van der Waals surface area (Å²) in [5.41, 5.74) is 6.52. The van der Waals surface area contributed by atoms with Gasteiger partial charge in [-0.25, -0.2) is 4.98 Å². The fraction of sp³-hybridized carbons (Fsp3) is 0.586. The lowest BCUT2D eigenvalue weighted by molar-refractivity contribution is -0.0902. The predicted molar refractivity (Wildman–Crippen MR) is 136 cm³/mol. The van der Waals surface area contributed by atoms with Crippen molar-refractivity contribution < 1.29 is 0 Å². The molecule has 5 nitrogen and oxygen atoms in total. The van der Waals surface area contributed by atoms with Crippen molar-refractivity contribution in [1.29, 1.82) is 5.26 Å². The maximum atomic E-state index is 10.0. The molecule has 0 amide bonds. The molecule has 0 unspecified atom stereocenters. The highest BCUT2D eigenvalue weighted by molar-refractivity contribution is 5.86. The number of nitriles is 1. The predicted octanol–water partition coefficient (Wildman–Crippen LogP) is 5.32. The van der Waals surface area contributed by atoms with Crippen LogP contribution >= 0.6 is 0 Å². The minimum atomic E-state index is 0.492. The van der Waals surface area contributed by atoms with Crippen LogP contribution in [0.2, 0.25) is 0 Å². The van der Waals surface area contributed by atoms with Crippen molar-refractivity contribution in [1.82, 2.24) is 14.3 Å². The maximum Gasteiger partial charge on any atom is 0.157 e. The van der Waals surface area contributed by atoms with Gasteiger partial charge in [-0.05, 0) is 92.9 Å². The summed E-state index contributed by atoms with van der Waals surface area (Å²) in [4.78, 5) is 10.4. The first-order valence-corrected chi connectivity index (χ1v) is 13.4. The Morgan fingerprint density at radius 3 is 2.26 bits per heavy atom. The van der Waals surface area contributed by atoms with E-state index in [9.17, 15) is 5.26 Å². The van der Waals surface area contributed by atoms with E-state index >= 15 is 0 Å². The normalized spacial score (nSPS) is 31.0. The summed E-state index contributed by atoms with van der Waals surface area (Å²) < 4.78 is 2.29. The Hall–Kier alpha value is -2.58. The second-order valence-corrected chi connectivity index (χ2v) is 11.6. The Morgan fingerprint density at radius 2 is 1.65 bits per heavy atom. The van der Waals surface area contributed by atoms with Gasteiger partial charge < -0.3 is 4.90 Å². The van der Waals surface area contributed by atoms with Gasteiger partial charge in [-0.3, -0.25) is 9.30 Å². The summed E-state index contributed by atoms with van der Waals surface area (Å²) >= 11 is 0. The van der Waals surface area contributed by atoms with Crippen molar-refractivity contribution in [2.75, 3.05) is 31.1 Å². The zero-order chi connectivity index (χ0) is 23.0. The molecule has 1 aliphatic heterocycles. The van der Waals surface area contributed by atoms with Crippen LogP contribution in [0.4, 0.5) is 5.82 Å². The minimum absolute atomic E-state index is 0.492. The molecule has 4 saturated carbocycles. The van der Waals surface area contributed by atoms with Gasteiger partial charge in [-0.15, -0.1) is 0 Å². The third kappa shape index (κ3) is 2.84. The number of rotatable bonds is 3. The number of hydrogen-bond acceptors (Lipinski definition) is 4. The molecule has 3 heterocycles. The molecule has 8 rings (SSSR count). The summed E-state index contributed by atoms with van der Waals surface area (Å²) in [5, 5.41) is 10.0. The molecule has 4 bridgehead atoms. The van der Waals surface area contributed by atoms with Crippen LogP contribution in [0.25, 0.3) is 16.7 Å². The van der Waals surface area contributed by atoms with Crippen molar-refractivity contribution in [3.05, 3.63) is 41.0 Å². The van der Waals surface area contributed by atoms with E-state index in [1.165, 1.54) is 49.9 Å². The van der Waals surface area contributed by atoms with Crippen LogP contribution in [0.3, 0.4) is 0 Å². The van der Waals surface area contributed by atoms with E-state index in [1.54, 1.807) is 0 Å². The first-order valence-electron chi connectivity index (χ1n) is 13.4. The minimum Gasteiger partial charge on any atom is -0.355 e. The summed E-state index contributed by atoms with van der Waals surface area (Å²) in [6, 6.07) is 10.8. The Balaban J connectivity index is 1.28. The molecular weight excluding hydrogens is 418 g/mol. The summed E-state index contributed by atoms with van der Waals surface area (Å²) in [7, 11) is 0. The Labute approximate surface area is 202 Å². The Morgan fingerprint density at radius 1 is 1.00 bits per heavy atom. The van der Waals surface area contributed by atoms with E-state index in [1.807, 2.05) is 6.07 Å². The molecule has 0 radical (unpaired) electrons. The average molecular weight is 454 g/mol. The summed E-state index contributed by atoms with van der Waals surface area (Å²) in [6.45, 7) is 8.77. The molecule has 34 heavy (non-hydrogen) atoms. The van der Waals surface area contributed by atoms with E-state index in [-0.39, 0.29) is 0 Å². The van der Waals surface area contributed by atoms with Crippen molar-refractivity contribution in [3.8, 4) is 6.07 Å². The van der Waals surface area contributed by atoms with Gasteiger partial charge in [-0.2, -0.15) is 5.26 Å². The van der Waals surface area contributed by atoms with Crippen molar-refractivity contribution in [2.24, 2.45) is 17.8 Å². The van der Waals surface area contributed by atoms with E-state index in [4.69, 9.17) is 4.98 Å². The molecule has 176 valence electrons. The standard InChI is InChI=1S/C29H35N5/c1-3-23-19(2)24(18-30)27-31-25-6-4-5-7-26(25)34(27)28(23)32-8-10-33(11-9-32)29-15-20-12-21(16-29)14-22(13-20)17-29/h4-7,20-22H,3,8-17H2,1-2H3. The highest BCUT2D eigenvalue weighted by atomic mass is 15.3. The van der Waals surface area contributed by atoms with Gasteiger partial charge in [-0.1, -0.05) is 19.1 Å². The largest absolute Gasteiger partial charge is 0.355 e.